The predicted octanol–water partition coefficient (Wildman–Crippen LogP) is 6.79. The summed E-state index contributed by atoms with van der Waals surface area (Å²) in [7, 11) is 0. The first kappa shape index (κ1) is 24.0. The number of hydrogen-bond donors (Lipinski definition) is 1. The van der Waals surface area contributed by atoms with Crippen molar-refractivity contribution in [2.75, 3.05) is 5.32 Å². The third-order valence-electron chi connectivity index (χ3n) is 5.87. The zero-order valence-corrected chi connectivity index (χ0v) is 21.8. The minimum Gasteiger partial charge on any atom is -0.301 e. The van der Waals surface area contributed by atoms with Crippen LogP contribution in [-0.2, 0) is 4.79 Å². The summed E-state index contributed by atoms with van der Waals surface area (Å²) in [6.07, 6.45) is 0. The summed E-state index contributed by atoms with van der Waals surface area (Å²) in [5.74, 6) is 0.603. The maximum absolute atomic E-state index is 13.1. The molecule has 0 saturated carbocycles. The van der Waals surface area contributed by atoms with Crippen molar-refractivity contribution in [2.24, 2.45) is 0 Å². The van der Waals surface area contributed by atoms with Gasteiger partial charge in [0.1, 0.15) is 0 Å². The Hall–Kier alpha value is -3.75. The first-order valence-electron chi connectivity index (χ1n) is 11.6. The number of nitrogens with zero attached hydrogens (tertiary/aromatic N) is 4. The molecule has 8 heteroatoms. The minimum absolute atomic E-state index is 0.134. The van der Waals surface area contributed by atoms with Crippen LogP contribution in [0, 0.1) is 13.8 Å². The second kappa shape index (κ2) is 10.5. The zero-order valence-electron chi connectivity index (χ0n) is 20.2. The Kier molecular flexibility index (Phi) is 6.97. The van der Waals surface area contributed by atoms with Gasteiger partial charge in [0.2, 0.25) is 5.91 Å². The molecule has 180 valence electrons. The number of thioether (sulfide) groups is 1. The highest BCUT2D eigenvalue weighted by Crippen LogP contribution is 2.32. The molecule has 1 atom stereocenters. The Balaban J connectivity index is 1.40. The SMILES string of the molecule is Cc1ccc(-n2c(S[C@H](C)C(=O)Nc3nc(-c4ccccc4)cs3)nnc2-c2ccccc2)cc1C. The molecule has 5 aromatic rings. The third-order valence-corrected chi connectivity index (χ3v) is 7.67. The average molecular weight is 512 g/mol. The van der Waals surface area contributed by atoms with Crippen molar-refractivity contribution in [1.29, 1.82) is 0 Å². The Bertz CT molecular complexity index is 1500. The van der Waals surface area contributed by atoms with Gasteiger partial charge in [0.05, 0.1) is 16.6 Å². The van der Waals surface area contributed by atoms with Crippen molar-refractivity contribution < 1.29 is 4.79 Å². The van der Waals surface area contributed by atoms with Crippen LogP contribution in [0.1, 0.15) is 18.1 Å². The summed E-state index contributed by atoms with van der Waals surface area (Å²) in [5, 5.41) is 14.7. The summed E-state index contributed by atoms with van der Waals surface area (Å²) >= 11 is 2.79. The maximum atomic E-state index is 13.1. The number of nitrogens with one attached hydrogen (secondary N) is 1. The van der Waals surface area contributed by atoms with Gasteiger partial charge in [-0.05, 0) is 44.0 Å². The summed E-state index contributed by atoms with van der Waals surface area (Å²) in [6.45, 7) is 6.05. The van der Waals surface area contributed by atoms with Gasteiger partial charge >= 0.3 is 0 Å². The first-order valence-corrected chi connectivity index (χ1v) is 13.3. The van der Waals surface area contributed by atoms with E-state index in [1.165, 1.54) is 34.2 Å². The normalized spacial score (nSPS) is 11.9. The fraction of sp³-hybridized carbons (Fsp3) is 0.143. The van der Waals surface area contributed by atoms with E-state index in [2.05, 4.69) is 52.5 Å². The van der Waals surface area contributed by atoms with E-state index in [-0.39, 0.29) is 5.91 Å². The molecule has 1 amide bonds. The van der Waals surface area contributed by atoms with Gasteiger partial charge in [0, 0.05) is 16.5 Å². The Morgan fingerprint density at radius 1 is 0.917 bits per heavy atom. The van der Waals surface area contributed by atoms with E-state index >= 15 is 0 Å². The molecule has 0 unspecified atom stereocenters. The maximum Gasteiger partial charge on any atom is 0.239 e. The highest BCUT2D eigenvalue weighted by Gasteiger charge is 2.23. The van der Waals surface area contributed by atoms with Gasteiger partial charge in [-0.15, -0.1) is 21.5 Å². The van der Waals surface area contributed by atoms with E-state index in [1.807, 2.05) is 77.5 Å². The van der Waals surface area contributed by atoms with Crippen molar-refractivity contribution in [3.05, 3.63) is 95.4 Å². The molecular weight excluding hydrogens is 486 g/mol. The van der Waals surface area contributed by atoms with E-state index in [4.69, 9.17) is 0 Å². The van der Waals surface area contributed by atoms with Crippen molar-refractivity contribution in [3.8, 4) is 28.3 Å². The van der Waals surface area contributed by atoms with Crippen LogP contribution in [0.25, 0.3) is 28.3 Å². The summed E-state index contributed by atoms with van der Waals surface area (Å²) < 4.78 is 2.02. The van der Waals surface area contributed by atoms with Gasteiger partial charge in [-0.3, -0.25) is 9.36 Å². The summed E-state index contributed by atoms with van der Waals surface area (Å²) in [6, 6.07) is 26.2. The molecule has 0 radical (unpaired) electrons. The molecule has 6 nitrogen and oxygen atoms in total. The summed E-state index contributed by atoms with van der Waals surface area (Å²) in [4.78, 5) is 17.6. The van der Waals surface area contributed by atoms with Gasteiger partial charge in [-0.25, -0.2) is 4.98 Å². The first-order chi connectivity index (χ1) is 17.5. The third kappa shape index (κ3) is 5.10. The van der Waals surface area contributed by atoms with E-state index in [0.29, 0.717) is 10.3 Å². The Labute approximate surface area is 218 Å². The number of anilines is 1. The number of rotatable bonds is 7. The van der Waals surface area contributed by atoms with Crippen LogP contribution >= 0.6 is 23.1 Å². The molecule has 0 fully saturated rings. The summed E-state index contributed by atoms with van der Waals surface area (Å²) in [5.41, 5.74) is 6.19. The molecule has 3 aromatic carbocycles. The monoisotopic (exact) mass is 511 g/mol. The van der Waals surface area contributed by atoms with Gasteiger partial charge in [-0.1, -0.05) is 78.5 Å². The molecule has 5 rings (SSSR count). The average Bonchev–Trinajstić information content (AvgIpc) is 3.54. The second-order valence-electron chi connectivity index (χ2n) is 8.43. The quantitative estimate of drug-likeness (QED) is 0.244. The van der Waals surface area contributed by atoms with Gasteiger partial charge in [-0.2, -0.15) is 0 Å². The van der Waals surface area contributed by atoms with Crippen molar-refractivity contribution in [2.45, 2.75) is 31.2 Å². The lowest BCUT2D eigenvalue weighted by atomic mass is 10.1. The molecule has 0 aliphatic rings. The second-order valence-corrected chi connectivity index (χ2v) is 10.6. The van der Waals surface area contributed by atoms with E-state index in [1.54, 1.807) is 0 Å². The molecule has 0 bridgehead atoms. The van der Waals surface area contributed by atoms with Crippen molar-refractivity contribution >= 4 is 34.1 Å². The lowest BCUT2D eigenvalue weighted by Gasteiger charge is -2.14. The molecule has 1 N–H and O–H groups in total. The van der Waals surface area contributed by atoms with Crippen molar-refractivity contribution in [3.63, 3.8) is 0 Å². The lowest BCUT2D eigenvalue weighted by molar-refractivity contribution is -0.115. The molecular formula is C28H25N5OS2. The van der Waals surface area contributed by atoms with Crippen LogP contribution < -0.4 is 5.32 Å². The molecule has 0 spiro atoms. The minimum atomic E-state index is -0.410. The number of carbonyl (C=O) groups is 1. The molecule has 0 aliphatic heterocycles. The van der Waals surface area contributed by atoms with Crippen LogP contribution in [0.3, 0.4) is 0 Å². The smallest absolute Gasteiger partial charge is 0.239 e. The largest absolute Gasteiger partial charge is 0.301 e. The Morgan fingerprint density at radius 3 is 2.31 bits per heavy atom. The van der Waals surface area contributed by atoms with E-state index in [0.717, 1.165) is 28.3 Å². The molecule has 0 aliphatic carbocycles. The van der Waals surface area contributed by atoms with Crippen LogP contribution in [0.5, 0.6) is 0 Å². The Morgan fingerprint density at radius 2 is 1.61 bits per heavy atom. The zero-order chi connectivity index (χ0) is 25.1. The highest BCUT2D eigenvalue weighted by atomic mass is 32.2. The van der Waals surface area contributed by atoms with Crippen LogP contribution in [0.4, 0.5) is 5.13 Å². The van der Waals surface area contributed by atoms with Crippen LogP contribution in [0.2, 0.25) is 0 Å². The fourth-order valence-corrected chi connectivity index (χ4v) is 5.30. The lowest BCUT2D eigenvalue weighted by Crippen LogP contribution is -2.22. The van der Waals surface area contributed by atoms with Gasteiger partial charge in [0.15, 0.2) is 16.1 Å². The number of hydrogen-bond acceptors (Lipinski definition) is 6. The topological polar surface area (TPSA) is 72.7 Å². The van der Waals surface area contributed by atoms with Gasteiger partial charge < -0.3 is 5.32 Å². The number of aryl methyl sites for hydroxylation is 2. The molecule has 2 heterocycles. The van der Waals surface area contributed by atoms with Crippen LogP contribution in [-0.4, -0.2) is 30.9 Å². The fourth-order valence-electron chi connectivity index (χ4n) is 3.71. The van der Waals surface area contributed by atoms with Crippen LogP contribution in [0.15, 0.2) is 89.4 Å². The number of carbonyl (C=O) groups excluding carboxylic acids is 1. The van der Waals surface area contributed by atoms with E-state index < -0.39 is 5.25 Å². The number of aromatic nitrogens is 4. The number of benzene rings is 3. The molecule has 0 saturated heterocycles. The molecule has 2 aromatic heterocycles. The number of amides is 1. The standard InChI is InChI=1S/C28H25N5OS2/c1-18-14-15-23(16-19(18)2)33-25(22-12-8-5-9-13-22)31-32-28(33)36-20(3)26(34)30-27-29-24(17-35-27)21-10-6-4-7-11-21/h4-17,20H,1-3H3,(H,29,30,34)/t20-/m1/s1. The highest BCUT2D eigenvalue weighted by molar-refractivity contribution is 8.00. The van der Waals surface area contributed by atoms with Gasteiger partial charge in [0.25, 0.3) is 0 Å². The molecule has 36 heavy (non-hydrogen) atoms. The van der Waals surface area contributed by atoms with Crippen molar-refractivity contribution in [1.82, 2.24) is 19.7 Å². The van der Waals surface area contributed by atoms with E-state index in [9.17, 15) is 4.79 Å². The predicted molar refractivity (Wildman–Crippen MR) is 148 cm³/mol. The number of thiazole rings is 1.